The highest BCUT2D eigenvalue weighted by Gasteiger charge is 2.00. The van der Waals surface area contributed by atoms with Crippen LogP contribution in [0, 0.1) is 0 Å². The zero-order valence-electron chi connectivity index (χ0n) is 10.9. The molecule has 3 N–H and O–H groups in total. The lowest BCUT2D eigenvalue weighted by Gasteiger charge is -2.10. The van der Waals surface area contributed by atoms with E-state index in [1.807, 2.05) is 24.3 Å². The van der Waals surface area contributed by atoms with E-state index in [0.717, 1.165) is 30.0 Å². The first-order chi connectivity index (χ1) is 9.40. The summed E-state index contributed by atoms with van der Waals surface area (Å²) < 4.78 is 5.68. The molecule has 0 spiro atoms. The molecule has 0 radical (unpaired) electrons. The fourth-order valence-corrected chi connectivity index (χ4v) is 1.75. The van der Waals surface area contributed by atoms with Crippen molar-refractivity contribution in [2.75, 3.05) is 18.5 Å². The maximum atomic E-state index is 5.68. The molecule has 0 saturated carbocycles. The molecule has 0 aliphatic heterocycles. The van der Waals surface area contributed by atoms with E-state index < -0.39 is 0 Å². The minimum absolute atomic E-state index is 0.472. The Kier molecular flexibility index (Phi) is 5.19. The Morgan fingerprint density at radius 1 is 1.16 bits per heavy atom. The third-order valence-electron chi connectivity index (χ3n) is 2.77. The number of anilines is 1. The van der Waals surface area contributed by atoms with Crippen molar-refractivity contribution in [1.29, 1.82) is 0 Å². The maximum Gasteiger partial charge on any atom is 0.142 e. The van der Waals surface area contributed by atoms with Crippen LogP contribution < -0.4 is 15.8 Å². The second kappa shape index (κ2) is 7.38. The van der Waals surface area contributed by atoms with Crippen LogP contribution in [-0.4, -0.2) is 18.1 Å². The molecule has 0 fully saturated rings. The zero-order valence-corrected chi connectivity index (χ0v) is 10.9. The van der Waals surface area contributed by atoms with E-state index in [0.29, 0.717) is 13.2 Å². The summed E-state index contributed by atoms with van der Waals surface area (Å²) >= 11 is 0. The fourth-order valence-electron chi connectivity index (χ4n) is 1.75. The number of para-hydroxylation sites is 1. The number of aromatic nitrogens is 1. The van der Waals surface area contributed by atoms with E-state index in [-0.39, 0.29) is 0 Å². The van der Waals surface area contributed by atoms with Gasteiger partial charge >= 0.3 is 0 Å². The van der Waals surface area contributed by atoms with Gasteiger partial charge in [-0.05, 0) is 24.6 Å². The van der Waals surface area contributed by atoms with Gasteiger partial charge in [0, 0.05) is 30.5 Å². The highest BCUT2D eigenvalue weighted by atomic mass is 16.5. The molecule has 100 valence electrons. The molecular formula is C15H19N3O. The Morgan fingerprint density at radius 3 is 2.79 bits per heavy atom. The van der Waals surface area contributed by atoms with Gasteiger partial charge in [0.25, 0.3) is 0 Å². The van der Waals surface area contributed by atoms with Gasteiger partial charge in [-0.25, -0.2) is 0 Å². The van der Waals surface area contributed by atoms with Gasteiger partial charge in [-0.15, -0.1) is 0 Å². The van der Waals surface area contributed by atoms with Gasteiger partial charge in [-0.3, -0.25) is 4.98 Å². The predicted molar refractivity (Wildman–Crippen MR) is 77.2 cm³/mol. The van der Waals surface area contributed by atoms with Crippen LogP contribution in [0.25, 0.3) is 0 Å². The smallest absolute Gasteiger partial charge is 0.142 e. The molecule has 4 nitrogen and oxygen atoms in total. The number of pyridine rings is 1. The molecule has 0 amide bonds. The second-order valence-corrected chi connectivity index (χ2v) is 4.18. The summed E-state index contributed by atoms with van der Waals surface area (Å²) in [6.45, 7) is 2.00. The average Bonchev–Trinajstić information content (AvgIpc) is 2.48. The van der Waals surface area contributed by atoms with Gasteiger partial charge in [-0.2, -0.15) is 0 Å². The number of nitrogens with one attached hydrogen (secondary N) is 1. The number of benzene rings is 1. The molecule has 1 heterocycles. The van der Waals surface area contributed by atoms with Crippen molar-refractivity contribution >= 4 is 5.69 Å². The molecule has 0 saturated heterocycles. The third-order valence-corrected chi connectivity index (χ3v) is 2.77. The van der Waals surface area contributed by atoms with Crippen LogP contribution in [0.15, 0.2) is 48.8 Å². The molecule has 0 aliphatic rings. The molecule has 0 aliphatic carbocycles. The Labute approximate surface area is 113 Å². The molecule has 1 aromatic heterocycles. The summed E-state index contributed by atoms with van der Waals surface area (Å²) in [6.07, 6.45) is 4.37. The molecule has 0 bridgehead atoms. The van der Waals surface area contributed by atoms with Crippen LogP contribution in [0.2, 0.25) is 0 Å². The third kappa shape index (κ3) is 4.26. The van der Waals surface area contributed by atoms with Gasteiger partial charge in [-0.1, -0.05) is 18.2 Å². The number of hydrogen-bond acceptors (Lipinski definition) is 4. The van der Waals surface area contributed by atoms with Crippen LogP contribution in [0.1, 0.15) is 12.0 Å². The summed E-state index contributed by atoms with van der Waals surface area (Å²) in [5.41, 5.74) is 7.76. The van der Waals surface area contributed by atoms with Gasteiger partial charge in [0.05, 0.1) is 12.8 Å². The van der Waals surface area contributed by atoms with Crippen LogP contribution >= 0.6 is 0 Å². The molecule has 2 rings (SSSR count). The zero-order chi connectivity index (χ0) is 13.3. The Bertz CT molecular complexity index is 488. The number of ether oxygens (including phenoxy) is 1. The van der Waals surface area contributed by atoms with E-state index >= 15 is 0 Å². The van der Waals surface area contributed by atoms with Crippen molar-refractivity contribution < 1.29 is 4.74 Å². The minimum Gasteiger partial charge on any atom is -0.492 e. The summed E-state index contributed by atoms with van der Waals surface area (Å²) in [6, 6.07) is 12.0. The Hall–Kier alpha value is -2.07. The summed E-state index contributed by atoms with van der Waals surface area (Å²) in [7, 11) is 0. The van der Waals surface area contributed by atoms with Crippen molar-refractivity contribution in [1.82, 2.24) is 4.98 Å². The van der Waals surface area contributed by atoms with Crippen LogP contribution in [0.4, 0.5) is 5.69 Å². The van der Waals surface area contributed by atoms with Crippen LogP contribution in [0.3, 0.4) is 0 Å². The lowest BCUT2D eigenvalue weighted by atomic mass is 10.2. The standard InChI is InChI=1S/C15H19N3O/c16-11-13-7-9-17-12-15(13)19-10-4-8-18-14-5-2-1-3-6-14/h1-3,5-7,9,12,18H,4,8,10-11,16H2. The maximum absolute atomic E-state index is 5.68. The van der Waals surface area contributed by atoms with E-state index in [2.05, 4.69) is 22.4 Å². The molecule has 0 atom stereocenters. The molecule has 2 aromatic rings. The minimum atomic E-state index is 0.472. The monoisotopic (exact) mass is 257 g/mol. The van der Waals surface area contributed by atoms with Crippen LogP contribution in [0.5, 0.6) is 5.75 Å². The number of nitrogens with two attached hydrogens (primary N) is 1. The van der Waals surface area contributed by atoms with Gasteiger partial charge in [0.1, 0.15) is 5.75 Å². The number of nitrogens with zero attached hydrogens (tertiary/aromatic N) is 1. The SMILES string of the molecule is NCc1ccncc1OCCCNc1ccccc1. The average molecular weight is 257 g/mol. The van der Waals surface area contributed by atoms with E-state index in [1.165, 1.54) is 0 Å². The largest absolute Gasteiger partial charge is 0.492 e. The second-order valence-electron chi connectivity index (χ2n) is 4.18. The first kappa shape index (κ1) is 13.4. The topological polar surface area (TPSA) is 60.2 Å². The molecule has 19 heavy (non-hydrogen) atoms. The van der Waals surface area contributed by atoms with E-state index in [9.17, 15) is 0 Å². The number of hydrogen-bond donors (Lipinski definition) is 2. The fraction of sp³-hybridized carbons (Fsp3) is 0.267. The molecular weight excluding hydrogens is 238 g/mol. The summed E-state index contributed by atoms with van der Waals surface area (Å²) in [5, 5.41) is 3.34. The van der Waals surface area contributed by atoms with Gasteiger partial charge in [0.15, 0.2) is 0 Å². The highest BCUT2D eigenvalue weighted by Crippen LogP contribution is 2.15. The van der Waals surface area contributed by atoms with Crippen molar-refractivity contribution in [2.45, 2.75) is 13.0 Å². The first-order valence-electron chi connectivity index (χ1n) is 6.45. The number of rotatable bonds is 7. The Morgan fingerprint density at radius 2 is 2.00 bits per heavy atom. The summed E-state index contributed by atoms with van der Waals surface area (Å²) in [4.78, 5) is 4.04. The molecule has 0 unspecified atom stereocenters. The van der Waals surface area contributed by atoms with Gasteiger partial charge < -0.3 is 15.8 Å². The van der Waals surface area contributed by atoms with E-state index in [4.69, 9.17) is 10.5 Å². The lowest BCUT2D eigenvalue weighted by molar-refractivity contribution is 0.310. The first-order valence-corrected chi connectivity index (χ1v) is 6.45. The molecule has 4 heteroatoms. The van der Waals surface area contributed by atoms with Crippen molar-refractivity contribution in [3.8, 4) is 5.75 Å². The van der Waals surface area contributed by atoms with Crippen molar-refractivity contribution in [2.24, 2.45) is 5.73 Å². The normalized spacial score (nSPS) is 10.2. The van der Waals surface area contributed by atoms with Gasteiger partial charge in [0.2, 0.25) is 0 Å². The van der Waals surface area contributed by atoms with E-state index in [1.54, 1.807) is 12.4 Å². The Balaban J connectivity index is 1.69. The van der Waals surface area contributed by atoms with Crippen LogP contribution in [-0.2, 0) is 6.54 Å². The highest BCUT2D eigenvalue weighted by molar-refractivity contribution is 5.42. The summed E-state index contributed by atoms with van der Waals surface area (Å²) in [5.74, 6) is 0.782. The molecule has 1 aromatic carbocycles. The predicted octanol–water partition coefficient (Wildman–Crippen LogP) is 2.42. The lowest BCUT2D eigenvalue weighted by Crippen LogP contribution is -2.09. The van der Waals surface area contributed by atoms with Crippen molar-refractivity contribution in [3.05, 3.63) is 54.4 Å². The quantitative estimate of drug-likeness (QED) is 0.748. The van der Waals surface area contributed by atoms with Crippen molar-refractivity contribution in [3.63, 3.8) is 0 Å².